The zero-order valence-corrected chi connectivity index (χ0v) is 67.7. The zero-order valence-electron chi connectivity index (χ0n) is 67.7. The van der Waals surface area contributed by atoms with Crippen LogP contribution in [0.15, 0.2) is 0 Å². The standard InChI is InChI=1S/C14H24.C13H22.C12H20.C9H16.C9H18.2C8H16.C7H14.C6H14.C5H12/c1-9(2)14(3)12-5-10-4-11(7-12)8-13(14)6-10;1-3-13(2)11-5-9-4-10(7-11)8-12(13)6-9;1-12(2)10-4-8-3-9(6-10)7-11(12)5-8;1-9(2)6-7-3-4-8(9)5-7;1-3-9(2)7-5-4-6-8-9;1-8(2)6-4-3-5-7-8;1-3-8(2)6-4-5-7-8;1-7(2)5-3-4-6-7;1-5-6(2,3)4;1-5(2,3)4/h9-13H,4-8H2,1-3H3;9-12H,3-8H2,1-2H3;8-11H,3-7H2,1-2H3;7-8H,3-6H2,1-2H3;3-8H2,1-2H3;2*3-7H2,1-2H3;3-6H2,1-2H3;5H2,1-4H3;1-4H3. The summed E-state index contributed by atoms with van der Waals surface area (Å²) >= 11 is 0. The van der Waals surface area contributed by atoms with E-state index in [4.69, 9.17) is 0 Å². The summed E-state index contributed by atoms with van der Waals surface area (Å²) in [5.74, 6) is 16.5. The molecule has 0 spiro atoms. The van der Waals surface area contributed by atoms with Gasteiger partial charge in [0.25, 0.3) is 0 Å². The van der Waals surface area contributed by atoms with E-state index in [-0.39, 0.29) is 0 Å². The Balaban J connectivity index is 0.000000163. The van der Waals surface area contributed by atoms with Crippen LogP contribution in [0.1, 0.15) is 436 Å². The van der Waals surface area contributed by atoms with Crippen molar-refractivity contribution >= 4 is 0 Å². The molecular formula is C91H172. The summed E-state index contributed by atoms with van der Waals surface area (Å²) in [4.78, 5) is 0. The Labute approximate surface area is 576 Å². The van der Waals surface area contributed by atoms with Crippen molar-refractivity contribution in [2.75, 3.05) is 0 Å². The van der Waals surface area contributed by atoms with Crippen LogP contribution in [-0.4, -0.2) is 0 Å². The van der Waals surface area contributed by atoms with Crippen molar-refractivity contribution < 1.29 is 0 Å². The van der Waals surface area contributed by atoms with E-state index in [0.29, 0.717) is 37.9 Å². The molecule has 0 heterocycles. The van der Waals surface area contributed by atoms with E-state index in [1.54, 1.807) is 103 Å². The minimum atomic E-state index is 0.500. The van der Waals surface area contributed by atoms with Crippen LogP contribution in [0, 0.1) is 143 Å². The van der Waals surface area contributed by atoms with Gasteiger partial charge in [0.1, 0.15) is 0 Å². The van der Waals surface area contributed by atoms with Gasteiger partial charge >= 0.3 is 0 Å². The maximum Gasteiger partial charge on any atom is -0.0246 e. The summed E-state index contributed by atoms with van der Waals surface area (Å²) in [6, 6.07) is 0. The Morgan fingerprint density at radius 1 is 0.319 bits per heavy atom. The number of rotatable bonds is 4. The molecular weight excluding hydrogens is 1090 g/mol. The van der Waals surface area contributed by atoms with Gasteiger partial charge in [0.15, 0.2) is 0 Å². The third kappa shape index (κ3) is 23.6. The van der Waals surface area contributed by atoms with E-state index >= 15 is 0 Å². The minimum Gasteiger partial charge on any atom is -0.0649 e. The fourth-order valence-corrected chi connectivity index (χ4v) is 23.4. The molecule has 0 saturated heterocycles. The third-order valence-corrected chi connectivity index (χ3v) is 31.4. The quantitative estimate of drug-likeness (QED) is 0.263. The Morgan fingerprint density at radius 3 is 0.791 bits per heavy atom. The van der Waals surface area contributed by atoms with Gasteiger partial charge in [-0.25, -0.2) is 0 Å². The van der Waals surface area contributed by atoms with Gasteiger partial charge in [0, 0.05) is 0 Å². The molecule has 18 fully saturated rings. The average molecular weight is 1270 g/mol. The molecule has 0 nitrogen and oxygen atoms in total. The van der Waals surface area contributed by atoms with Crippen LogP contribution in [0.5, 0.6) is 0 Å². The van der Waals surface area contributed by atoms with E-state index in [2.05, 4.69) is 173 Å². The summed E-state index contributed by atoms with van der Waals surface area (Å²) in [5, 5.41) is 0. The maximum absolute atomic E-state index is 2.60. The molecule has 0 aromatic carbocycles. The second-order valence-corrected chi connectivity index (χ2v) is 43.8. The molecule has 536 valence electrons. The summed E-state index contributed by atoms with van der Waals surface area (Å²) in [7, 11) is 0. The highest BCUT2D eigenvalue weighted by Gasteiger charge is 2.57. The molecule has 0 heteroatoms. The monoisotopic (exact) mass is 1270 g/mol. The van der Waals surface area contributed by atoms with Crippen molar-refractivity contribution in [3.63, 3.8) is 0 Å². The second kappa shape index (κ2) is 33.4. The molecule has 0 amide bonds. The second-order valence-electron chi connectivity index (χ2n) is 43.8. The van der Waals surface area contributed by atoms with Gasteiger partial charge in [0.2, 0.25) is 0 Å². The molecule has 0 radical (unpaired) electrons. The number of hydrogen-bond donors (Lipinski definition) is 0. The zero-order chi connectivity index (χ0) is 67.7. The predicted octanol–water partition coefficient (Wildman–Crippen LogP) is 30.7. The van der Waals surface area contributed by atoms with Gasteiger partial charge in [-0.15, -0.1) is 0 Å². The summed E-state index contributed by atoms with van der Waals surface area (Å²) in [5.41, 5.74) is 6.73. The largest absolute Gasteiger partial charge is 0.0649 e. The molecule has 0 N–H and O–H groups in total. The van der Waals surface area contributed by atoms with Gasteiger partial charge in [-0.1, -0.05) is 269 Å². The van der Waals surface area contributed by atoms with Crippen LogP contribution in [0.3, 0.4) is 0 Å². The summed E-state index contributed by atoms with van der Waals surface area (Å²) < 4.78 is 0. The molecule has 0 aliphatic heterocycles. The van der Waals surface area contributed by atoms with Crippen LogP contribution in [0.25, 0.3) is 0 Å². The first-order valence-corrected chi connectivity index (χ1v) is 42.2. The predicted molar refractivity (Wildman–Crippen MR) is 408 cm³/mol. The highest BCUT2D eigenvalue weighted by atomic mass is 14.6. The van der Waals surface area contributed by atoms with E-state index in [0.717, 1.165) is 105 Å². The maximum atomic E-state index is 2.60. The first kappa shape index (κ1) is 80.0. The molecule has 18 saturated carbocycles. The van der Waals surface area contributed by atoms with E-state index in [1.165, 1.54) is 161 Å². The molecule has 18 aliphatic carbocycles. The highest BCUT2D eigenvalue weighted by Crippen LogP contribution is 2.66. The van der Waals surface area contributed by atoms with Crippen LogP contribution in [0.2, 0.25) is 0 Å². The van der Waals surface area contributed by atoms with Crippen molar-refractivity contribution in [1.82, 2.24) is 0 Å². The first-order chi connectivity index (χ1) is 42.2. The van der Waals surface area contributed by atoms with Crippen molar-refractivity contribution in [1.29, 1.82) is 0 Å². The van der Waals surface area contributed by atoms with Crippen molar-refractivity contribution in [3.05, 3.63) is 0 Å². The van der Waals surface area contributed by atoms with Gasteiger partial charge in [-0.05, 0) is 310 Å². The van der Waals surface area contributed by atoms with Gasteiger partial charge in [-0.2, -0.15) is 0 Å². The van der Waals surface area contributed by atoms with Crippen LogP contribution >= 0.6 is 0 Å². The third-order valence-electron chi connectivity index (χ3n) is 31.4. The lowest BCUT2D eigenvalue weighted by Crippen LogP contribution is -2.53. The molecule has 14 bridgehead atoms. The van der Waals surface area contributed by atoms with E-state index < -0.39 is 0 Å². The van der Waals surface area contributed by atoms with Crippen LogP contribution in [-0.2, 0) is 0 Å². The van der Waals surface area contributed by atoms with Gasteiger partial charge in [-0.3, -0.25) is 0 Å². The average Bonchev–Trinajstić information content (AvgIpc) is 1.54. The molecule has 0 aromatic rings. The first-order valence-electron chi connectivity index (χ1n) is 42.2. The van der Waals surface area contributed by atoms with Gasteiger partial charge < -0.3 is 0 Å². The van der Waals surface area contributed by atoms with Crippen molar-refractivity contribution in [2.24, 2.45) is 143 Å². The Morgan fingerprint density at radius 2 is 0.593 bits per heavy atom. The highest BCUT2D eigenvalue weighted by molar-refractivity contribution is 5.06. The van der Waals surface area contributed by atoms with E-state index in [1.807, 2.05) is 0 Å². The Hall–Kier alpha value is 0. The lowest BCUT2D eigenvalue weighted by molar-refractivity contribution is -0.122. The molecule has 91 heavy (non-hydrogen) atoms. The lowest BCUT2D eigenvalue weighted by atomic mass is 9.43. The summed E-state index contributed by atoms with van der Waals surface area (Å²) in [6.07, 6.45) is 61.7. The molecule has 2 unspecified atom stereocenters. The Kier molecular flexibility index (Phi) is 29.4. The fourth-order valence-electron chi connectivity index (χ4n) is 23.4. The number of hydrogen-bond acceptors (Lipinski definition) is 0. The topological polar surface area (TPSA) is 0 Å². The fraction of sp³-hybridized carbons (Fsp3) is 1.00. The van der Waals surface area contributed by atoms with Crippen LogP contribution in [0.4, 0.5) is 0 Å². The smallest absolute Gasteiger partial charge is 0.0246 e. The van der Waals surface area contributed by atoms with Crippen molar-refractivity contribution in [3.8, 4) is 0 Å². The molecule has 18 aliphatic rings. The lowest BCUT2D eigenvalue weighted by Gasteiger charge is -2.62. The molecule has 18 rings (SSSR count). The number of fused-ring (bicyclic) bond motifs is 2. The van der Waals surface area contributed by atoms with Crippen LogP contribution < -0.4 is 0 Å². The van der Waals surface area contributed by atoms with Gasteiger partial charge in [0.05, 0.1) is 0 Å². The SMILES string of the molecule is CC(C)(C)C.CC(C)C1(C)C2CC3CC(C2)CC1C3.CC1(C)C2CC3CC(C2)CC1C3.CC1(C)CC2CCC1C2.CC1(C)CCCC1.CC1(C)CCCCC1.CCC(C)(C)C.CCC1(C)C2CC3CC(C2)CC1C3.CCC1(C)CCCC1.CCC1(C)CCCCC1. The summed E-state index contributed by atoms with van der Waals surface area (Å²) in [6.45, 7) is 59.1. The van der Waals surface area contributed by atoms with E-state index in [9.17, 15) is 0 Å². The Bertz CT molecular complexity index is 1930. The normalized spacial score (nSPS) is 39.6. The van der Waals surface area contributed by atoms with Crippen molar-refractivity contribution in [2.45, 2.75) is 436 Å². The molecule has 2 atom stereocenters. The minimum absolute atomic E-state index is 0.500. The molecule has 0 aromatic heterocycles.